The molecule has 106 valence electrons. The Morgan fingerprint density at radius 1 is 1.10 bits per heavy atom. The van der Waals surface area contributed by atoms with Crippen LogP contribution >= 0.6 is 11.3 Å². The summed E-state index contributed by atoms with van der Waals surface area (Å²) in [4.78, 5) is 0.955. The van der Waals surface area contributed by atoms with Crippen molar-refractivity contribution in [2.45, 2.75) is 56.4 Å². The lowest BCUT2D eigenvalue weighted by Gasteiger charge is -2.26. The maximum absolute atomic E-state index is 6.44. The first kappa shape index (κ1) is 11.6. The topological polar surface area (TPSA) is 69.1 Å². The molecule has 3 aliphatic rings. The van der Waals surface area contributed by atoms with E-state index in [2.05, 4.69) is 10.2 Å². The van der Waals surface area contributed by atoms with Crippen molar-refractivity contribution in [1.82, 2.24) is 19.8 Å². The van der Waals surface area contributed by atoms with Crippen LogP contribution in [-0.2, 0) is 0 Å². The molecule has 2 heterocycles. The molecule has 0 amide bonds. The maximum atomic E-state index is 6.44. The Bertz CT molecular complexity index is 656. The zero-order valence-electron chi connectivity index (χ0n) is 11.4. The van der Waals surface area contributed by atoms with E-state index in [1.807, 2.05) is 4.52 Å². The first-order valence-electron chi connectivity index (χ1n) is 7.79. The summed E-state index contributed by atoms with van der Waals surface area (Å²) in [6, 6.07) is 0.310. The molecule has 3 saturated carbocycles. The third kappa shape index (κ3) is 1.44. The molecule has 6 heteroatoms. The fraction of sp³-hybridized carbons (Fsp3) is 0.786. The molecule has 2 bridgehead atoms. The third-order valence-electron chi connectivity index (χ3n) is 5.77. The molecule has 3 fully saturated rings. The summed E-state index contributed by atoms with van der Waals surface area (Å²) in [5, 5.41) is 14.7. The van der Waals surface area contributed by atoms with Crippen molar-refractivity contribution < 1.29 is 0 Å². The molecule has 20 heavy (non-hydrogen) atoms. The van der Waals surface area contributed by atoms with Gasteiger partial charge in [0, 0.05) is 17.9 Å². The van der Waals surface area contributed by atoms with Crippen LogP contribution in [0.15, 0.2) is 0 Å². The molecule has 4 atom stereocenters. The van der Waals surface area contributed by atoms with Crippen molar-refractivity contribution in [2.75, 3.05) is 0 Å². The van der Waals surface area contributed by atoms with Crippen molar-refractivity contribution in [1.29, 1.82) is 0 Å². The zero-order valence-corrected chi connectivity index (χ0v) is 12.2. The minimum Gasteiger partial charge on any atom is -0.327 e. The Labute approximate surface area is 121 Å². The van der Waals surface area contributed by atoms with Crippen LogP contribution in [0.4, 0.5) is 0 Å². The first-order valence-corrected chi connectivity index (χ1v) is 8.60. The van der Waals surface area contributed by atoms with Crippen LogP contribution < -0.4 is 5.73 Å². The average molecular weight is 289 g/mol. The number of nitrogens with zero attached hydrogens (tertiary/aromatic N) is 4. The van der Waals surface area contributed by atoms with Gasteiger partial charge in [0.25, 0.3) is 0 Å². The van der Waals surface area contributed by atoms with Crippen molar-refractivity contribution in [3.05, 3.63) is 10.8 Å². The maximum Gasteiger partial charge on any atom is 0.234 e. The summed E-state index contributed by atoms with van der Waals surface area (Å²) in [5.74, 6) is 3.60. The Morgan fingerprint density at radius 2 is 1.95 bits per heavy atom. The molecule has 4 unspecified atom stereocenters. The monoisotopic (exact) mass is 289 g/mol. The lowest BCUT2D eigenvalue weighted by Crippen LogP contribution is -2.34. The highest BCUT2D eigenvalue weighted by atomic mass is 32.1. The van der Waals surface area contributed by atoms with Crippen LogP contribution in [-0.4, -0.2) is 25.9 Å². The largest absolute Gasteiger partial charge is 0.327 e. The number of hydrogen-bond acceptors (Lipinski definition) is 5. The molecule has 2 N–H and O–H groups in total. The molecule has 0 radical (unpaired) electrons. The van der Waals surface area contributed by atoms with E-state index >= 15 is 0 Å². The van der Waals surface area contributed by atoms with Gasteiger partial charge in [-0.15, -0.1) is 10.2 Å². The summed E-state index contributed by atoms with van der Waals surface area (Å²) in [7, 11) is 0. The van der Waals surface area contributed by atoms with Gasteiger partial charge in [-0.05, 0) is 43.9 Å². The Morgan fingerprint density at radius 3 is 2.65 bits per heavy atom. The van der Waals surface area contributed by atoms with Gasteiger partial charge in [-0.25, -0.2) is 0 Å². The van der Waals surface area contributed by atoms with Crippen LogP contribution in [0.25, 0.3) is 4.96 Å². The fourth-order valence-electron chi connectivity index (χ4n) is 4.40. The second kappa shape index (κ2) is 4.01. The van der Waals surface area contributed by atoms with Crippen LogP contribution in [0.2, 0.25) is 0 Å². The van der Waals surface area contributed by atoms with Gasteiger partial charge in [0.1, 0.15) is 5.01 Å². The molecule has 0 saturated heterocycles. The van der Waals surface area contributed by atoms with Crippen LogP contribution in [0.1, 0.15) is 61.2 Å². The lowest BCUT2D eigenvalue weighted by molar-refractivity contribution is 0.361. The second-order valence-corrected chi connectivity index (χ2v) is 7.74. The number of rotatable bonds is 2. The predicted octanol–water partition coefficient (Wildman–Crippen LogP) is 2.29. The van der Waals surface area contributed by atoms with Crippen LogP contribution in [0.5, 0.6) is 0 Å². The summed E-state index contributed by atoms with van der Waals surface area (Å²) < 4.78 is 2.00. The highest BCUT2D eigenvalue weighted by molar-refractivity contribution is 7.16. The average Bonchev–Trinajstić information content (AvgIpc) is 3.07. The summed E-state index contributed by atoms with van der Waals surface area (Å²) in [5.41, 5.74) is 6.44. The van der Waals surface area contributed by atoms with Gasteiger partial charge in [0.2, 0.25) is 4.96 Å². The lowest BCUT2D eigenvalue weighted by atomic mass is 9.85. The van der Waals surface area contributed by atoms with E-state index in [9.17, 15) is 0 Å². The summed E-state index contributed by atoms with van der Waals surface area (Å²) in [6.45, 7) is 0. The molecule has 0 spiro atoms. The number of nitrogens with two attached hydrogens (primary N) is 1. The number of hydrogen-bond donors (Lipinski definition) is 1. The minimum atomic E-state index is 0.310. The van der Waals surface area contributed by atoms with Gasteiger partial charge >= 0.3 is 0 Å². The van der Waals surface area contributed by atoms with Crippen LogP contribution in [0.3, 0.4) is 0 Å². The molecule has 0 aliphatic heterocycles. The molecule has 2 aromatic heterocycles. The van der Waals surface area contributed by atoms with Crippen molar-refractivity contribution in [3.8, 4) is 0 Å². The van der Waals surface area contributed by atoms with Crippen LogP contribution in [0, 0.1) is 11.8 Å². The van der Waals surface area contributed by atoms with Gasteiger partial charge in [-0.2, -0.15) is 9.61 Å². The SMILES string of the molecule is NC1C2CCC(C2)C1c1nn2c(C3CCC3)nnc2s1. The minimum absolute atomic E-state index is 0.310. The molecule has 0 aromatic carbocycles. The molecular weight excluding hydrogens is 270 g/mol. The number of fused-ring (bicyclic) bond motifs is 3. The molecule has 5 nitrogen and oxygen atoms in total. The highest BCUT2D eigenvalue weighted by Crippen LogP contribution is 2.52. The fourth-order valence-corrected chi connectivity index (χ4v) is 5.50. The van der Waals surface area contributed by atoms with E-state index in [-0.39, 0.29) is 0 Å². The van der Waals surface area contributed by atoms with Gasteiger partial charge < -0.3 is 5.73 Å². The Balaban J connectivity index is 1.55. The second-order valence-electron chi connectivity index (χ2n) is 6.76. The number of aromatic nitrogens is 4. The van der Waals surface area contributed by atoms with E-state index in [4.69, 9.17) is 10.8 Å². The molecule has 3 aliphatic carbocycles. The van der Waals surface area contributed by atoms with E-state index in [0.29, 0.717) is 17.9 Å². The van der Waals surface area contributed by atoms with E-state index in [1.54, 1.807) is 11.3 Å². The third-order valence-corrected chi connectivity index (χ3v) is 6.77. The molecule has 2 aromatic rings. The normalized spacial score (nSPS) is 36.9. The van der Waals surface area contributed by atoms with Crippen molar-refractivity contribution >= 4 is 16.3 Å². The van der Waals surface area contributed by atoms with Crippen molar-refractivity contribution in [3.63, 3.8) is 0 Å². The van der Waals surface area contributed by atoms with Gasteiger partial charge in [-0.1, -0.05) is 17.8 Å². The van der Waals surface area contributed by atoms with E-state index in [1.165, 1.54) is 43.5 Å². The Kier molecular flexibility index (Phi) is 2.33. The van der Waals surface area contributed by atoms with Gasteiger partial charge in [-0.3, -0.25) is 0 Å². The zero-order chi connectivity index (χ0) is 13.3. The highest BCUT2D eigenvalue weighted by Gasteiger charge is 2.48. The smallest absolute Gasteiger partial charge is 0.234 e. The standard InChI is InChI=1S/C14H19N5S/c15-11-9-5-4-8(6-9)10(11)13-18-19-12(7-2-1-3-7)16-17-14(19)20-13/h7-11H,1-6,15H2. The van der Waals surface area contributed by atoms with Gasteiger partial charge in [0.15, 0.2) is 5.82 Å². The quantitative estimate of drug-likeness (QED) is 0.921. The molecular formula is C14H19N5S. The predicted molar refractivity (Wildman–Crippen MR) is 76.8 cm³/mol. The molecule has 5 rings (SSSR count). The summed E-state index contributed by atoms with van der Waals surface area (Å²) >= 11 is 1.71. The van der Waals surface area contributed by atoms with Gasteiger partial charge in [0.05, 0.1) is 0 Å². The van der Waals surface area contributed by atoms with E-state index < -0.39 is 0 Å². The van der Waals surface area contributed by atoms with E-state index in [0.717, 1.165) is 22.6 Å². The summed E-state index contributed by atoms with van der Waals surface area (Å²) in [6.07, 6.45) is 7.75. The first-order chi connectivity index (χ1) is 9.81. The Hall–Kier alpha value is -1.01. The van der Waals surface area contributed by atoms with Crippen molar-refractivity contribution in [2.24, 2.45) is 17.6 Å².